The fourth-order valence-electron chi connectivity index (χ4n) is 3.84. The van der Waals surface area contributed by atoms with Crippen LogP contribution in [0.15, 0.2) is 24.3 Å². The molecule has 4 heteroatoms. The van der Waals surface area contributed by atoms with E-state index in [0.29, 0.717) is 12.6 Å². The molecule has 2 aliphatic heterocycles. The molecular formula is C17H26FN3. The van der Waals surface area contributed by atoms with Crippen molar-refractivity contribution in [1.29, 1.82) is 0 Å². The van der Waals surface area contributed by atoms with E-state index in [0.717, 1.165) is 18.7 Å². The first-order chi connectivity index (χ1) is 10.3. The Hall–Kier alpha value is -0.970. The van der Waals surface area contributed by atoms with Gasteiger partial charge in [-0.1, -0.05) is 18.6 Å². The largest absolute Gasteiger partial charge is 0.329 e. The highest BCUT2D eigenvalue weighted by molar-refractivity contribution is 5.21. The molecule has 2 N–H and O–H groups in total. The summed E-state index contributed by atoms with van der Waals surface area (Å²) in [6.07, 6.45) is 5.26. The van der Waals surface area contributed by atoms with Gasteiger partial charge < -0.3 is 5.73 Å². The first-order valence-corrected chi connectivity index (χ1v) is 8.21. The third-order valence-electron chi connectivity index (χ3n) is 5.00. The fourth-order valence-corrected chi connectivity index (χ4v) is 3.84. The molecular weight excluding hydrogens is 265 g/mol. The third kappa shape index (κ3) is 3.44. The van der Waals surface area contributed by atoms with Gasteiger partial charge in [-0.25, -0.2) is 4.39 Å². The summed E-state index contributed by atoms with van der Waals surface area (Å²) in [7, 11) is 0. The lowest BCUT2D eigenvalue weighted by Gasteiger charge is -2.33. The minimum absolute atomic E-state index is 0.149. The van der Waals surface area contributed by atoms with Gasteiger partial charge in [0.1, 0.15) is 5.82 Å². The Morgan fingerprint density at radius 1 is 1.19 bits per heavy atom. The number of benzene rings is 1. The van der Waals surface area contributed by atoms with Crippen LogP contribution in [0.1, 0.15) is 37.3 Å². The Labute approximate surface area is 126 Å². The molecule has 0 spiro atoms. The van der Waals surface area contributed by atoms with Crippen molar-refractivity contribution < 1.29 is 4.39 Å². The van der Waals surface area contributed by atoms with Crippen LogP contribution in [0, 0.1) is 5.82 Å². The van der Waals surface area contributed by atoms with E-state index in [1.807, 2.05) is 6.07 Å². The van der Waals surface area contributed by atoms with Gasteiger partial charge in [0.25, 0.3) is 0 Å². The van der Waals surface area contributed by atoms with Crippen LogP contribution in [0.5, 0.6) is 0 Å². The zero-order chi connectivity index (χ0) is 14.7. The van der Waals surface area contributed by atoms with Crippen LogP contribution in [0.25, 0.3) is 0 Å². The molecule has 0 bridgehead atoms. The summed E-state index contributed by atoms with van der Waals surface area (Å²) in [4.78, 5) is 5.08. The van der Waals surface area contributed by atoms with Crippen molar-refractivity contribution in [2.75, 3.05) is 32.7 Å². The average molecular weight is 291 g/mol. The fraction of sp³-hybridized carbons (Fsp3) is 0.647. The van der Waals surface area contributed by atoms with E-state index in [9.17, 15) is 4.39 Å². The summed E-state index contributed by atoms with van der Waals surface area (Å²) in [5, 5.41) is 0. The lowest BCUT2D eigenvalue weighted by molar-refractivity contribution is 0.152. The highest BCUT2D eigenvalue weighted by Gasteiger charge is 2.32. The average Bonchev–Trinajstić information content (AvgIpc) is 2.99. The highest BCUT2D eigenvalue weighted by Crippen LogP contribution is 2.28. The molecule has 0 radical (unpaired) electrons. The second-order valence-corrected chi connectivity index (χ2v) is 6.34. The third-order valence-corrected chi connectivity index (χ3v) is 5.00. The minimum Gasteiger partial charge on any atom is -0.329 e. The molecule has 2 unspecified atom stereocenters. The Balaban J connectivity index is 1.65. The molecule has 0 aliphatic carbocycles. The second-order valence-electron chi connectivity index (χ2n) is 6.34. The van der Waals surface area contributed by atoms with Crippen LogP contribution in [0.4, 0.5) is 4.39 Å². The molecule has 3 nitrogen and oxygen atoms in total. The molecule has 0 saturated carbocycles. The number of rotatable bonds is 4. The molecule has 1 aromatic rings. The normalized spacial score (nSPS) is 26.1. The molecule has 0 aromatic heterocycles. The molecule has 2 atom stereocenters. The van der Waals surface area contributed by atoms with E-state index < -0.39 is 0 Å². The minimum atomic E-state index is -0.169. The lowest BCUT2D eigenvalue weighted by Crippen LogP contribution is -2.42. The van der Waals surface area contributed by atoms with Gasteiger partial charge in [-0.2, -0.15) is 0 Å². The number of likely N-dealkylation sites (tertiary alicyclic amines) is 2. The maximum atomic E-state index is 13.5. The van der Waals surface area contributed by atoms with Crippen molar-refractivity contribution in [3.8, 4) is 0 Å². The maximum absolute atomic E-state index is 13.5. The van der Waals surface area contributed by atoms with Crippen molar-refractivity contribution in [2.24, 2.45) is 5.73 Å². The van der Waals surface area contributed by atoms with Crippen LogP contribution in [-0.4, -0.2) is 48.6 Å². The molecule has 2 fully saturated rings. The van der Waals surface area contributed by atoms with E-state index in [-0.39, 0.29) is 11.9 Å². The number of piperidine rings is 1. The van der Waals surface area contributed by atoms with E-state index in [1.54, 1.807) is 12.1 Å². The summed E-state index contributed by atoms with van der Waals surface area (Å²) in [6.45, 7) is 5.17. The molecule has 116 valence electrons. The summed E-state index contributed by atoms with van der Waals surface area (Å²) in [5.74, 6) is -0.169. The van der Waals surface area contributed by atoms with Crippen molar-refractivity contribution in [3.05, 3.63) is 35.6 Å². The van der Waals surface area contributed by atoms with Gasteiger partial charge >= 0.3 is 0 Å². The zero-order valence-electron chi connectivity index (χ0n) is 12.7. The van der Waals surface area contributed by atoms with Crippen LogP contribution in [0.3, 0.4) is 0 Å². The zero-order valence-corrected chi connectivity index (χ0v) is 12.7. The van der Waals surface area contributed by atoms with Crippen LogP contribution in [-0.2, 0) is 0 Å². The van der Waals surface area contributed by atoms with Crippen molar-refractivity contribution in [1.82, 2.24) is 9.80 Å². The SMILES string of the molecule is NCC(c1cccc(F)c1)N1CCC(N2CCCCC2)C1. The van der Waals surface area contributed by atoms with E-state index in [2.05, 4.69) is 9.80 Å². The van der Waals surface area contributed by atoms with Crippen LogP contribution < -0.4 is 5.73 Å². The smallest absolute Gasteiger partial charge is 0.123 e. The first kappa shape index (κ1) is 14.9. The second kappa shape index (κ2) is 6.86. The molecule has 0 amide bonds. The molecule has 21 heavy (non-hydrogen) atoms. The predicted octanol–water partition coefficient (Wildman–Crippen LogP) is 2.39. The maximum Gasteiger partial charge on any atom is 0.123 e. The van der Waals surface area contributed by atoms with E-state index in [1.165, 1.54) is 44.8 Å². The Kier molecular flexibility index (Phi) is 4.88. The summed E-state index contributed by atoms with van der Waals surface area (Å²) < 4.78 is 13.5. The standard InChI is InChI=1S/C17H26FN3/c18-15-6-4-5-14(11-15)17(12-19)21-10-7-16(13-21)20-8-2-1-3-9-20/h4-6,11,16-17H,1-3,7-10,12-13,19H2. The quantitative estimate of drug-likeness (QED) is 0.924. The molecule has 3 rings (SSSR count). The number of nitrogens with zero attached hydrogens (tertiary/aromatic N) is 2. The Morgan fingerprint density at radius 2 is 2.00 bits per heavy atom. The lowest BCUT2D eigenvalue weighted by atomic mass is 10.1. The van der Waals surface area contributed by atoms with Crippen molar-refractivity contribution in [3.63, 3.8) is 0 Å². The van der Waals surface area contributed by atoms with Gasteiger partial charge in [-0.15, -0.1) is 0 Å². The molecule has 2 aliphatic rings. The van der Waals surface area contributed by atoms with Crippen LogP contribution >= 0.6 is 0 Å². The monoisotopic (exact) mass is 291 g/mol. The van der Waals surface area contributed by atoms with Crippen LogP contribution in [0.2, 0.25) is 0 Å². The number of hydrogen-bond donors (Lipinski definition) is 1. The van der Waals surface area contributed by atoms with Gasteiger partial charge in [-0.05, 0) is 50.0 Å². The molecule has 1 aromatic carbocycles. The van der Waals surface area contributed by atoms with Gasteiger partial charge in [0, 0.05) is 31.7 Å². The van der Waals surface area contributed by atoms with Gasteiger partial charge in [0.05, 0.1) is 0 Å². The Morgan fingerprint density at radius 3 is 2.71 bits per heavy atom. The number of hydrogen-bond acceptors (Lipinski definition) is 3. The van der Waals surface area contributed by atoms with Crippen molar-refractivity contribution >= 4 is 0 Å². The van der Waals surface area contributed by atoms with Gasteiger partial charge in [-0.3, -0.25) is 9.80 Å². The summed E-state index contributed by atoms with van der Waals surface area (Å²) in [5.41, 5.74) is 6.99. The number of halogens is 1. The Bertz CT molecular complexity index is 459. The van der Waals surface area contributed by atoms with E-state index >= 15 is 0 Å². The van der Waals surface area contributed by atoms with E-state index in [4.69, 9.17) is 5.73 Å². The topological polar surface area (TPSA) is 32.5 Å². The van der Waals surface area contributed by atoms with Crippen molar-refractivity contribution in [2.45, 2.75) is 37.8 Å². The highest BCUT2D eigenvalue weighted by atomic mass is 19.1. The molecule has 2 saturated heterocycles. The summed E-state index contributed by atoms with van der Waals surface area (Å²) >= 11 is 0. The number of nitrogens with two attached hydrogens (primary N) is 1. The summed E-state index contributed by atoms with van der Waals surface area (Å²) in [6, 6.07) is 7.72. The van der Waals surface area contributed by atoms with Gasteiger partial charge in [0.15, 0.2) is 0 Å². The molecule has 2 heterocycles. The van der Waals surface area contributed by atoms with Gasteiger partial charge in [0.2, 0.25) is 0 Å². The first-order valence-electron chi connectivity index (χ1n) is 8.21. The predicted molar refractivity (Wildman–Crippen MR) is 83.6 cm³/mol.